The summed E-state index contributed by atoms with van der Waals surface area (Å²) in [5.41, 5.74) is 1.09. The van der Waals surface area contributed by atoms with Crippen LogP contribution in [0.3, 0.4) is 0 Å². The summed E-state index contributed by atoms with van der Waals surface area (Å²) in [6, 6.07) is 4.30. The van der Waals surface area contributed by atoms with Crippen LogP contribution in [0.4, 0.5) is 4.39 Å². The number of carboxylic acids is 1. The van der Waals surface area contributed by atoms with Gasteiger partial charge in [-0.2, -0.15) is 0 Å². The minimum Gasteiger partial charge on any atom is -0.480 e. The van der Waals surface area contributed by atoms with E-state index in [9.17, 15) is 14.0 Å². The third-order valence-electron chi connectivity index (χ3n) is 2.88. The third-order valence-corrected chi connectivity index (χ3v) is 4.09. The maximum atomic E-state index is 12.9. The number of aliphatic hydroxyl groups is 1. The number of hydrogen-bond acceptors (Lipinski definition) is 5. The number of carbonyl (C=O) groups is 2. The highest BCUT2D eigenvalue weighted by atomic mass is 32.1. The molecule has 6 nitrogen and oxygen atoms in total. The van der Waals surface area contributed by atoms with Crippen molar-refractivity contribution in [3.05, 3.63) is 40.7 Å². The molecule has 3 N–H and O–H groups in total. The molecular formula is C14H13FN2O4S. The number of carbonyl (C=O) groups excluding carboxylic acids is 1. The fourth-order valence-electron chi connectivity index (χ4n) is 1.73. The van der Waals surface area contributed by atoms with Gasteiger partial charge in [0.1, 0.15) is 15.7 Å². The van der Waals surface area contributed by atoms with Crippen LogP contribution in [-0.2, 0) is 4.79 Å². The van der Waals surface area contributed by atoms with Crippen molar-refractivity contribution >= 4 is 23.2 Å². The Hall–Kier alpha value is -2.32. The average Bonchev–Trinajstić information content (AvgIpc) is 2.87. The zero-order valence-electron chi connectivity index (χ0n) is 11.5. The van der Waals surface area contributed by atoms with Gasteiger partial charge in [-0.3, -0.25) is 4.79 Å². The Morgan fingerprint density at radius 3 is 2.55 bits per heavy atom. The number of amides is 1. The summed E-state index contributed by atoms with van der Waals surface area (Å²) >= 11 is 1.07. The van der Waals surface area contributed by atoms with Crippen molar-refractivity contribution in [2.24, 2.45) is 0 Å². The summed E-state index contributed by atoms with van der Waals surface area (Å²) in [7, 11) is 0. The maximum Gasteiger partial charge on any atom is 0.328 e. The number of benzene rings is 1. The number of aliphatic carboxylic acids is 1. The zero-order chi connectivity index (χ0) is 16.3. The van der Waals surface area contributed by atoms with Crippen LogP contribution < -0.4 is 5.32 Å². The first-order valence-electron chi connectivity index (χ1n) is 6.30. The van der Waals surface area contributed by atoms with Crippen LogP contribution in [0.5, 0.6) is 0 Å². The van der Waals surface area contributed by atoms with Gasteiger partial charge in [0.25, 0.3) is 5.91 Å². The summed E-state index contributed by atoms with van der Waals surface area (Å²) in [5.74, 6) is -2.32. The molecule has 22 heavy (non-hydrogen) atoms. The molecule has 2 rings (SSSR count). The Morgan fingerprint density at radius 1 is 1.36 bits per heavy atom. The number of hydrogen-bond donors (Lipinski definition) is 3. The molecule has 0 aliphatic heterocycles. The smallest absolute Gasteiger partial charge is 0.328 e. The zero-order valence-corrected chi connectivity index (χ0v) is 12.4. The van der Waals surface area contributed by atoms with Gasteiger partial charge < -0.3 is 15.5 Å². The lowest BCUT2D eigenvalue weighted by Gasteiger charge is -2.10. The number of halogens is 1. The Bertz CT molecular complexity index is 699. The molecule has 1 aromatic carbocycles. The van der Waals surface area contributed by atoms with Gasteiger partial charge in [-0.1, -0.05) is 0 Å². The highest BCUT2D eigenvalue weighted by molar-refractivity contribution is 7.17. The number of aromatic nitrogens is 1. The van der Waals surface area contributed by atoms with Gasteiger partial charge in [0.05, 0.1) is 12.3 Å². The van der Waals surface area contributed by atoms with Gasteiger partial charge in [-0.05, 0) is 31.2 Å². The fraction of sp³-hybridized carbons (Fsp3) is 0.214. The topological polar surface area (TPSA) is 99.5 Å². The van der Waals surface area contributed by atoms with Crippen LogP contribution in [-0.4, -0.2) is 39.7 Å². The molecule has 0 aliphatic carbocycles. The second-order valence-electron chi connectivity index (χ2n) is 4.49. The molecule has 0 bridgehead atoms. The molecule has 1 atom stereocenters. The van der Waals surface area contributed by atoms with Crippen molar-refractivity contribution < 1.29 is 24.2 Å². The molecule has 0 radical (unpaired) electrons. The third kappa shape index (κ3) is 3.46. The number of carboxylic acid groups (broad SMARTS) is 1. The average molecular weight is 324 g/mol. The first kappa shape index (κ1) is 16.1. The molecular weight excluding hydrogens is 311 g/mol. The van der Waals surface area contributed by atoms with Crippen LogP contribution in [0.25, 0.3) is 10.6 Å². The number of nitrogens with zero attached hydrogens (tertiary/aromatic N) is 1. The van der Waals surface area contributed by atoms with Crippen molar-refractivity contribution in [1.82, 2.24) is 10.3 Å². The lowest BCUT2D eigenvalue weighted by molar-refractivity contribution is -0.140. The first-order valence-corrected chi connectivity index (χ1v) is 7.12. The minimum atomic E-state index is -1.37. The largest absolute Gasteiger partial charge is 0.480 e. The highest BCUT2D eigenvalue weighted by Crippen LogP contribution is 2.28. The number of rotatable bonds is 5. The molecule has 116 valence electrons. The van der Waals surface area contributed by atoms with E-state index in [1.54, 1.807) is 19.1 Å². The summed E-state index contributed by atoms with van der Waals surface area (Å²) in [4.78, 5) is 27.4. The summed E-state index contributed by atoms with van der Waals surface area (Å²) in [6.07, 6.45) is 0. The van der Waals surface area contributed by atoms with Crippen molar-refractivity contribution in [1.29, 1.82) is 0 Å². The van der Waals surface area contributed by atoms with Crippen LogP contribution in [0.15, 0.2) is 24.3 Å². The van der Waals surface area contributed by atoms with E-state index >= 15 is 0 Å². The van der Waals surface area contributed by atoms with Gasteiger partial charge in [-0.25, -0.2) is 14.2 Å². The van der Waals surface area contributed by atoms with Crippen LogP contribution >= 0.6 is 11.3 Å². The quantitative estimate of drug-likeness (QED) is 0.773. The molecule has 0 saturated carbocycles. The molecule has 0 spiro atoms. The minimum absolute atomic E-state index is 0.249. The lowest BCUT2D eigenvalue weighted by atomic mass is 10.2. The van der Waals surface area contributed by atoms with Crippen LogP contribution in [0.2, 0.25) is 0 Å². The van der Waals surface area contributed by atoms with E-state index in [0.717, 1.165) is 11.3 Å². The Balaban J connectivity index is 2.24. The monoisotopic (exact) mass is 324 g/mol. The predicted octanol–water partition coefficient (Wildman–Crippen LogP) is 1.43. The molecule has 1 unspecified atom stereocenters. The van der Waals surface area contributed by atoms with Crippen LogP contribution in [0, 0.1) is 12.7 Å². The van der Waals surface area contributed by atoms with Crippen molar-refractivity contribution in [3.8, 4) is 10.6 Å². The number of nitrogens with one attached hydrogen (secondary N) is 1. The Labute approximate surface area is 129 Å². The van der Waals surface area contributed by atoms with Crippen molar-refractivity contribution in [3.63, 3.8) is 0 Å². The second kappa shape index (κ2) is 6.63. The Morgan fingerprint density at radius 2 is 2.00 bits per heavy atom. The van der Waals surface area contributed by atoms with E-state index in [4.69, 9.17) is 10.2 Å². The maximum absolute atomic E-state index is 12.9. The van der Waals surface area contributed by atoms with Gasteiger partial charge in [0.2, 0.25) is 0 Å². The summed E-state index contributed by atoms with van der Waals surface area (Å²) in [5, 5.41) is 20.5. The van der Waals surface area contributed by atoms with E-state index in [-0.39, 0.29) is 10.7 Å². The van der Waals surface area contributed by atoms with E-state index < -0.39 is 24.5 Å². The van der Waals surface area contributed by atoms with Crippen molar-refractivity contribution in [2.45, 2.75) is 13.0 Å². The molecule has 0 fully saturated rings. The van der Waals surface area contributed by atoms with Crippen LogP contribution in [0.1, 0.15) is 15.4 Å². The SMILES string of the molecule is Cc1nc(-c2ccc(F)cc2)sc1C(=O)NC(CO)C(=O)O. The van der Waals surface area contributed by atoms with Gasteiger partial charge in [0, 0.05) is 5.56 Å². The molecule has 8 heteroatoms. The highest BCUT2D eigenvalue weighted by Gasteiger charge is 2.23. The first-order chi connectivity index (χ1) is 10.4. The number of thiazole rings is 1. The predicted molar refractivity (Wildman–Crippen MR) is 78.2 cm³/mol. The number of aryl methyl sites for hydroxylation is 1. The molecule has 2 aromatic rings. The molecule has 0 saturated heterocycles. The molecule has 1 heterocycles. The summed E-state index contributed by atoms with van der Waals surface area (Å²) < 4.78 is 12.9. The normalized spacial score (nSPS) is 12.0. The van der Waals surface area contributed by atoms with E-state index in [0.29, 0.717) is 16.3 Å². The van der Waals surface area contributed by atoms with Gasteiger partial charge >= 0.3 is 5.97 Å². The molecule has 0 aliphatic rings. The van der Waals surface area contributed by atoms with E-state index in [1.165, 1.54) is 12.1 Å². The second-order valence-corrected chi connectivity index (χ2v) is 5.49. The molecule has 1 amide bonds. The number of aliphatic hydroxyl groups excluding tert-OH is 1. The van der Waals surface area contributed by atoms with Gasteiger partial charge in [0.15, 0.2) is 6.04 Å². The molecule has 1 aromatic heterocycles. The summed E-state index contributed by atoms with van der Waals surface area (Å²) in [6.45, 7) is 0.914. The van der Waals surface area contributed by atoms with E-state index in [1.807, 2.05) is 0 Å². The fourth-order valence-corrected chi connectivity index (χ4v) is 2.71. The van der Waals surface area contributed by atoms with E-state index in [2.05, 4.69) is 10.3 Å². The van der Waals surface area contributed by atoms with Gasteiger partial charge in [-0.15, -0.1) is 11.3 Å². The standard InChI is InChI=1S/C14H13FN2O4S/c1-7-11(12(19)17-10(6-18)14(20)21)22-13(16-7)8-2-4-9(15)5-3-8/h2-5,10,18H,6H2,1H3,(H,17,19)(H,20,21). The van der Waals surface area contributed by atoms with Crippen molar-refractivity contribution in [2.75, 3.05) is 6.61 Å². The Kier molecular flexibility index (Phi) is 4.84. The lowest BCUT2D eigenvalue weighted by Crippen LogP contribution is -2.43.